The first kappa shape index (κ1) is 20.9. The Morgan fingerprint density at radius 1 is 1.00 bits per heavy atom. The average Bonchev–Trinajstić information content (AvgIpc) is 3.20. The monoisotopic (exact) mass is 381 g/mol. The van der Waals surface area contributed by atoms with Gasteiger partial charge in [0.05, 0.1) is 12.2 Å². The van der Waals surface area contributed by atoms with Crippen LogP contribution in [0.25, 0.3) is 0 Å². The molecule has 1 saturated heterocycles. The molecule has 3 heteroatoms. The van der Waals surface area contributed by atoms with Gasteiger partial charge in [-0.2, -0.15) is 0 Å². The topological polar surface area (TPSA) is 32.7 Å². The highest BCUT2D eigenvalue weighted by Crippen LogP contribution is 2.43. The predicted molar refractivity (Wildman–Crippen MR) is 116 cm³/mol. The van der Waals surface area contributed by atoms with Crippen LogP contribution in [0.3, 0.4) is 0 Å². The van der Waals surface area contributed by atoms with Gasteiger partial charge in [-0.15, -0.1) is 0 Å². The van der Waals surface area contributed by atoms with Gasteiger partial charge in [0, 0.05) is 12.5 Å². The number of ether oxygens (including phenoxy) is 1. The van der Waals surface area contributed by atoms with Gasteiger partial charge in [0.2, 0.25) is 0 Å². The third kappa shape index (κ3) is 4.95. The van der Waals surface area contributed by atoms with Crippen LogP contribution >= 0.6 is 0 Å². The minimum atomic E-state index is -0.914. The molecule has 28 heavy (non-hydrogen) atoms. The summed E-state index contributed by atoms with van der Waals surface area (Å²) in [7, 11) is 0. The summed E-state index contributed by atoms with van der Waals surface area (Å²) in [5, 5.41) is 12.2. The number of rotatable bonds is 9. The van der Waals surface area contributed by atoms with Gasteiger partial charge in [-0.3, -0.25) is 0 Å². The van der Waals surface area contributed by atoms with E-state index in [0.29, 0.717) is 12.5 Å². The van der Waals surface area contributed by atoms with Crippen LogP contribution in [0.2, 0.25) is 0 Å². The Morgan fingerprint density at radius 2 is 1.64 bits per heavy atom. The Labute approximate surface area is 170 Å². The van der Waals surface area contributed by atoms with E-state index in [2.05, 4.69) is 49.1 Å². The van der Waals surface area contributed by atoms with Crippen molar-refractivity contribution in [1.82, 2.24) is 4.90 Å². The zero-order valence-electron chi connectivity index (χ0n) is 17.6. The molecule has 0 spiro atoms. The van der Waals surface area contributed by atoms with Crippen molar-refractivity contribution in [2.75, 3.05) is 26.2 Å². The van der Waals surface area contributed by atoms with Crippen LogP contribution in [0.5, 0.6) is 5.75 Å². The molecular weight excluding hydrogens is 346 g/mol. The molecule has 2 aromatic carbocycles. The highest BCUT2D eigenvalue weighted by Gasteiger charge is 2.41. The fraction of sp³-hybridized carbons (Fsp3) is 0.520. The van der Waals surface area contributed by atoms with E-state index < -0.39 is 5.60 Å². The summed E-state index contributed by atoms with van der Waals surface area (Å²) in [6.45, 7) is 10.2. The minimum Gasteiger partial charge on any atom is -0.494 e. The molecule has 3 nitrogen and oxygen atoms in total. The summed E-state index contributed by atoms with van der Waals surface area (Å²) < 4.78 is 5.62. The maximum absolute atomic E-state index is 12.2. The molecule has 0 amide bonds. The number of hydrogen-bond donors (Lipinski definition) is 1. The van der Waals surface area contributed by atoms with Gasteiger partial charge < -0.3 is 14.7 Å². The second-order valence-corrected chi connectivity index (χ2v) is 8.45. The van der Waals surface area contributed by atoms with Crippen LogP contribution in [0.15, 0.2) is 54.6 Å². The lowest BCUT2D eigenvalue weighted by molar-refractivity contribution is -0.0214. The molecule has 0 aromatic heterocycles. The third-order valence-electron chi connectivity index (χ3n) is 5.80. The fourth-order valence-corrected chi connectivity index (χ4v) is 4.53. The van der Waals surface area contributed by atoms with Crippen LogP contribution in [-0.2, 0) is 5.60 Å². The molecule has 152 valence electrons. The van der Waals surface area contributed by atoms with Crippen LogP contribution in [0.4, 0.5) is 0 Å². The molecule has 0 saturated carbocycles. The van der Waals surface area contributed by atoms with E-state index in [4.69, 9.17) is 4.74 Å². The Morgan fingerprint density at radius 3 is 2.21 bits per heavy atom. The summed E-state index contributed by atoms with van der Waals surface area (Å²) in [6, 6.07) is 18.6. The van der Waals surface area contributed by atoms with E-state index in [9.17, 15) is 5.11 Å². The Hall–Kier alpha value is -1.84. The molecule has 0 unspecified atom stereocenters. The van der Waals surface area contributed by atoms with Crippen molar-refractivity contribution in [2.24, 2.45) is 5.92 Å². The quantitative estimate of drug-likeness (QED) is 0.648. The lowest BCUT2D eigenvalue weighted by Crippen LogP contribution is -2.41. The summed E-state index contributed by atoms with van der Waals surface area (Å²) in [5.41, 5.74) is 1.28. The van der Waals surface area contributed by atoms with Crippen molar-refractivity contribution in [1.29, 1.82) is 0 Å². The van der Waals surface area contributed by atoms with Crippen molar-refractivity contribution in [3.05, 3.63) is 65.7 Å². The maximum atomic E-state index is 12.2. The van der Waals surface area contributed by atoms with Crippen molar-refractivity contribution < 1.29 is 9.84 Å². The summed E-state index contributed by atoms with van der Waals surface area (Å²) in [4.78, 5) is 2.51. The van der Waals surface area contributed by atoms with E-state index >= 15 is 0 Å². The van der Waals surface area contributed by atoms with Crippen molar-refractivity contribution in [2.45, 2.75) is 51.6 Å². The van der Waals surface area contributed by atoms with E-state index in [-0.39, 0.29) is 5.92 Å². The van der Waals surface area contributed by atoms with Gasteiger partial charge in [-0.25, -0.2) is 0 Å². The summed E-state index contributed by atoms with van der Waals surface area (Å²) in [5.74, 6) is 1.28. The van der Waals surface area contributed by atoms with Crippen molar-refractivity contribution in [3.63, 3.8) is 0 Å². The number of aliphatic hydroxyl groups is 1. The molecule has 1 fully saturated rings. The molecule has 0 radical (unpaired) electrons. The Balaban J connectivity index is 2.00. The Kier molecular flexibility index (Phi) is 7.14. The third-order valence-corrected chi connectivity index (χ3v) is 5.80. The molecule has 0 aliphatic carbocycles. The maximum Gasteiger partial charge on any atom is 0.119 e. The van der Waals surface area contributed by atoms with Crippen LogP contribution in [0.1, 0.15) is 57.1 Å². The second-order valence-electron chi connectivity index (χ2n) is 8.45. The van der Waals surface area contributed by atoms with E-state index in [1.807, 2.05) is 31.2 Å². The highest BCUT2D eigenvalue weighted by atomic mass is 16.5. The first-order valence-corrected chi connectivity index (χ1v) is 10.8. The fourth-order valence-electron chi connectivity index (χ4n) is 4.53. The lowest BCUT2D eigenvalue weighted by atomic mass is 9.72. The van der Waals surface area contributed by atoms with Crippen molar-refractivity contribution >= 4 is 0 Å². The van der Waals surface area contributed by atoms with Gasteiger partial charge in [-0.05, 0) is 68.5 Å². The molecule has 1 N–H and O–H groups in total. The molecule has 1 heterocycles. The number of benzene rings is 2. The normalized spacial score (nSPS) is 18.2. The van der Waals surface area contributed by atoms with E-state index in [1.54, 1.807) is 0 Å². The van der Waals surface area contributed by atoms with E-state index in [0.717, 1.165) is 37.4 Å². The van der Waals surface area contributed by atoms with E-state index in [1.165, 1.54) is 18.4 Å². The smallest absolute Gasteiger partial charge is 0.119 e. The largest absolute Gasteiger partial charge is 0.494 e. The first-order chi connectivity index (χ1) is 13.5. The summed E-state index contributed by atoms with van der Waals surface area (Å²) >= 11 is 0. The molecule has 1 aliphatic heterocycles. The van der Waals surface area contributed by atoms with Crippen LogP contribution in [0, 0.1) is 5.92 Å². The van der Waals surface area contributed by atoms with Crippen LogP contribution in [-0.4, -0.2) is 36.2 Å². The molecule has 2 atom stereocenters. The minimum absolute atomic E-state index is 0.0344. The predicted octanol–water partition coefficient (Wildman–Crippen LogP) is 5.20. The molecule has 1 aliphatic rings. The average molecular weight is 382 g/mol. The van der Waals surface area contributed by atoms with Gasteiger partial charge in [0.15, 0.2) is 0 Å². The lowest BCUT2D eigenvalue weighted by Gasteiger charge is -2.40. The molecular formula is C25H35NO2. The van der Waals surface area contributed by atoms with Crippen LogP contribution < -0.4 is 4.74 Å². The second kappa shape index (κ2) is 9.58. The highest BCUT2D eigenvalue weighted by molar-refractivity contribution is 5.35. The van der Waals surface area contributed by atoms with Gasteiger partial charge >= 0.3 is 0 Å². The summed E-state index contributed by atoms with van der Waals surface area (Å²) in [6.07, 6.45) is 3.24. The van der Waals surface area contributed by atoms with Gasteiger partial charge in [0.25, 0.3) is 0 Å². The van der Waals surface area contributed by atoms with Gasteiger partial charge in [0.1, 0.15) is 5.75 Å². The molecule has 3 rings (SSSR count). The first-order valence-electron chi connectivity index (χ1n) is 10.8. The number of nitrogens with zero attached hydrogens (tertiary/aromatic N) is 1. The Bertz CT molecular complexity index is 707. The van der Waals surface area contributed by atoms with Gasteiger partial charge in [-0.1, -0.05) is 56.3 Å². The number of hydrogen-bond acceptors (Lipinski definition) is 3. The molecule has 2 aromatic rings. The SMILES string of the molecule is CCOc1ccc([C@](O)(CC(C)C)[C@@H](CN2CCCC2)c2ccccc2)cc1. The zero-order chi connectivity index (χ0) is 20.0. The molecule has 0 bridgehead atoms. The zero-order valence-corrected chi connectivity index (χ0v) is 17.6. The van der Waals surface area contributed by atoms with Crippen molar-refractivity contribution in [3.8, 4) is 5.75 Å². The standard InChI is InChI=1S/C25H35NO2/c1-4-28-23-14-12-22(13-15-23)25(27,18-20(2)3)24(19-26-16-8-9-17-26)21-10-6-5-7-11-21/h5-7,10-15,20,24,27H,4,8-9,16-19H2,1-3H3/t24-,25+/m0/s1. The number of likely N-dealkylation sites (tertiary alicyclic amines) is 1.